The highest BCUT2D eigenvalue weighted by molar-refractivity contribution is 7.89. The Kier molecular flexibility index (Phi) is 7.29. The number of benzene rings is 2. The maximum Gasteiger partial charge on any atom is 0.244 e. The molecular weight excluding hydrogens is 498 g/mol. The summed E-state index contributed by atoms with van der Waals surface area (Å²) in [5.41, 5.74) is 3.12. The third-order valence-corrected chi connectivity index (χ3v) is 9.02. The lowest BCUT2D eigenvalue weighted by molar-refractivity contribution is 0.191. The van der Waals surface area contributed by atoms with E-state index in [0.29, 0.717) is 38.5 Å². The zero-order valence-electron chi connectivity index (χ0n) is 20.1. The first kappa shape index (κ1) is 24.8. The van der Waals surface area contributed by atoms with E-state index in [4.69, 9.17) is 21.1 Å². The van der Waals surface area contributed by atoms with Crippen molar-refractivity contribution in [3.05, 3.63) is 83.0 Å². The molecule has 0 aliphatic carbocycles. The number of ether oxygens (including phenoxy) is 2. The summed E-state index contributed by atoms with van der Waals surface area (Å²) >= 11 is 6.15. The number of fused-ring (bicyclic) bond motifs is 2. The Bertz CT molecular complexity index is 1390. The summed E-state index contributed by atoms with van der Waals surface area (Å²) in [6.07, 6.45) is 5.48. The summed E-state index contributed by atoms with van der Waals surface area (Å²) in [5.74, 6) is 2.14. The quantitative estimate of drug-likeness (QED) is 0.457. The van der Waals surface area contributed by atoms with Gasteiger partial charge in [-0.2, -0.15) is 4.31 Å². The van der Waals surface area contributed by atoms with Gasteiger partial charge in [0, 0.05) is 56.5 Å². The number of methoxy groups -OCH3 is 1. The van der Waals surface area contributed by atoms with Crippen molar-refractivity contribution < 1.29 is 17.9 Å². The fraction of sp³-hybridized carbons (Fsp3) is 0.296. The molecule has 0 radical (unpaired) electrons. The molecule has 188 valence electrons. The molecule has 0 saturated carbocycles. The van der Waals surface area contributed by atoms with Crippen LogP contribution in [0.5, 0.6) is 17.4 Å². The Balaban J connectivity index is 1.27. The topological polar surface area (TPSA) is 72.0 Å². The van der Waals surface area contributed by atoms with Crippen molar-refractivity contribution in [1.29, 1.82) is 0 Å². The zero-order valence-corrected chi connectivity index (χ0v) is 21.6. The average molecular weight is 526 g/mol. The molecule has 36 heavy (non-hydrogen) atoms. The van der Waals surface area contributed by atoms with Gasteiger partial charge in [0.25, 0.3) is 0 Å². The van der Waals surface area contributed by atoms with E-state index in [1.165, 1.54) is 4.31 Å². The maximum atomic E-state index is 13.0. The first-order chi connectivity index (χ1) is 17.5. The highest BCUT2D eigenvalue weighted by Gasteiger charge is 2.30. The van der Waals surface area contributed by atoms with Crippen molar-refractivity contribution in [3.63, 3.8) is 0 Å². The molecule has 1 aromatic heterocycles. The summed E-state index contributed by atoms with van der Waals surface area (Å²) in [4.78, 5) is 6.92. The molecule has 0 N–H and O–H groups in total. The summed E-state index contributed by atoms with van der Waals surface area (Å²) in [6.45, 7) is 3.05. The Morgan fingerprint density at radius 1 is 1.06 bits per heavy atom. The number of pyridine rings is 1. The number of piperazine rings is 1. The van der Waals surface area contributed by atoms with Gasteiger partial charge in [-0.1, -0.05) is 35.9 Å². The molecule has 5 rings (SSSR count). The molecule has 3 heterocycles. The van der Waals surface area contributed by atoms with Crippen LogP contribution in [-0.4, -0.2) is 62.4 Å². The molecule has 7 nitrogen and oxygen atoms in total. The lowest BCUT2D eigenvalue weighted by Gasteiger charge is -2.34. The smallest absolute Gasteiger partial charge is 0.244 e. The van der Waals surface area contributed by atoms with E-state index in [9.17, 15) is 8.42 Å². The minimum atomic E-state index is -3.60. The standard InChI is InChI=1S/C27H28ClN3O4S/c1-34-24-10-4-11-25-22(24)19-20(21-8-5-13-29-27(21)35-25)7-6-14-30-15-17-31(18-16-30)36(32,33)26-12-3-2-9-23(26)28/h2-5,7-13H,6,14-19H2,1H3/b20-7-. The molecule has 9 heteroatoms. The second-order valence-corrected chi connectivity index (χ2v) is 11.1. The first-order valence-electron chi connectivity index (χ1n) is 11.9. The van der Waals surface area contributed by atoms with Crippen LogP contribution < -0.4 is 9.47 Å². The second-order valence-electron chi connectivity index (χ2n) is 8.77. The number of rotatable bonds is 6. The van der Waals surface area contributed by atoms with Crippen molar-refractivity contribution in [2.75, 3.05) is 39.8 Å². The van der Waals surface area contributed by atoms with Gasteiger partial charge in [0.1, 0.15) is 16.4 Å². The van der Waals surface area contributed by atoms with Gasteiger partial charge in [0.15, 0.2) is 0 Å². The first-order valence-corrected chi connectivity index (χ1v) is 13.7. The van der Waals surface area contributed by atoms with E-state index >= 15 is 0 Å². The third-order valence-electron chi connectivity index (χ3n) is 6.62. The van der Waals surface area contributed by atoms with Crippen LogP contribution in [0.2, 0.25) is 5.02 Å². The van der Waals surface area contributed by atoms with Crippen LogP contribution in [0.3, 0.4) is 0 Å². The Morgan fingerprint density at radius 2 is 1.86 bits per heavy atom. The van der Waals surface area contributed by atoms with E-state index < -0.39 is 10.0 Å². The number of nitrogens with zero attached hydrogens (tertiary/aromatic N) is 3. The monoisotopic (exact) mass is 525 g/mol. The van der Waals surface area contributed by atoms with Gasteiger partial charge in [0.05, 0.1) is 12.1 Å². The molecule has 1 fully saturated rings. The van der Waals surface area contributed by atoms with Gasteiger partial charge in [-0.25, -0.2) is 13.4 Å². The molecule has 0 atom stereocenters. The van der Waals surface area contributed by atoms with E-state index in [0.717, 1.165) is 41.2 Å². The minimum absolute atomic E-state index is 0.170. The van der Waals surface area contributed by atoms with Crippen LogP contribution in [0.15, 0.2) is 71.8 Å². The second kappa shape index (κ2) is 10.6. The summed E-state index contributed by atoms with van der Waals surface area (Å²) in [7, 11) is -1.93. The van der Waals surface area contributed by atoms with Crippen LogP contribution in [0.25, 0.3) is 5.57 Å². The minimum Gasteiger partial charge on any atom is -0.496 e. The molecule has 1 saturated heterocycles. The van der Waals surface area contributed by atoms with E-state index in [-0.39, 0.29) is 9.92 Å². The normalized spacial score (nSPS) is 17.7. The van der Waals surface area contributed by atoms with Gasteiger partial charge in [-0.15, -0.1) is 0 Å². The lowest BCUT2D eigenvalue weighted by atomic mass is 9.97. The van der Waals surface area contributed by atoms with Crippen molar-refractivity contribution in [3.8, 4) is 17.4 Å². The number of sulfonamides is 1. The third kappa shape index (κ3) is 4.99. The fourth-order valence-electron chi connectivity index (χ4n) is 4.70. The summed E-state index contributed by atoms with van der Waals surface area (Å²) in [6, 6.07) is 16.4. The number of hydrogen-bond donors (Lipinski definition) is 0. The largest absolute Gasteiger partial charge is 0.496 e. The van der Waals surface area contributed by atoms with E-state index in [2.05, 4.69) is 16.0 Å². The number of aromatic nitrogens is 1. The van der Waals surface area contributed by atoms with Gasteiger partial charge in [-0.3, -0.25) is 0 Å². The van der Waals surface area contributed by atoms with Gasteiger partial charge in [-0.05, 0) is 48.4 Å². The molecule has 0 unspecified atom stereocenters. The predicted octanol–water partition coefficient (Wildman–Crippen LogP) is 4.87. The Hall–Kier alpha value is -2.91. The van der Waals surface area contributed by atoms with Crippen LogP contribution >= 0.6 is 11.6 Å². The molecule has 2 aliphatic heterocycles. The SMILES string of the molecule is COc1cccc2c1C/C(=C/CCN1CCN(S(=O)(=O)c3ccccc3Cl)CC1)c1cccnc1O2. The molecule has 2 aliphatic rings. The van der Waals surface area contributed by atoms with E-state index in [1.807, 2.05) is 30.3 Å². The number of hydrogen-bond acceptors (Lipinski definition) is 6. The van der Waals surface area contributed by atoms with Crippen LogP contribution in [0.4, 0.5) is 0 Å². The highest BCUT2D eigenvalue weighted by Crippen LogP contribution is 2.41. The maximum absolute atomic E-state index is 13.0. The molecule has 3 aromatic rings. The van der Waals surface area contributed by atoms with E-state index in [1.54, 1.807) is 37.6 Å². The van der Waals surface area contributed by atoms with Crippen LogP contribution in [-0.2, 0) is 16.4 Å². The van der Waals surface area contributed by atoms with Gasteiger partial charge >= 0.3 is 0 Å². The Labute approximate surface area is 217 Å². The Morgan fingerprint density at radius 3 is 2.64 bits per heavy atom. The highest BCUT2D eigenvalue weighted by atomic mass is 35.5. The summed E-state index contributed by atoms with van der Waals surface area (Å²) < 4.78 is 39.3. The predicted molar refractivity (Wildman–Crippen MR) is 140 cm³/mol. The molecule has 2 aromatic carbocycles. The van der Waals surface area contributed by atoms with Gasteiger partial charge < -0.3 is 14.4 Å². The zero-order chi connectivity index (χ0) is 25.1. The van der Waals surface area contributed by atoms with Crippen LogP contribution in [0.1, 0.15) is 17.5 Å². The van der Waals surface area contributed by atoms with Crippen molar-refractivity contribution >= 4 is 27.2 Å². The number of allylic oxidation sites excluding steroid dienone is 1. The molecule has 0 spiro atoms. The number of halogens is 1. The van der Waals surface area contributed by atoms with Crippen LogP contribution in [0, 0.1) is 0 Å². The van der Waals surface area contributed by atoms with Gasteiger partial charge in [0.2, 0.25) is 15.9 Å². The lowest BCUT2D eigenvalue weighted by Crippen LogP contribution is -2.48. The molecule has 0 amide bonds. The molecule has 0 bridgehead atoms. The molecular formula is C27H28ClN3O4S. The van der Waals surface area contributed by atoms with Crippen molar-refractivity contribution in [2.45, 2.75) is 17.7 Å². The fourth-order valence-corrected chi connectivity index (χ4v) is 6.62. The summed E-state index contributed by atoms with van der Waals surface area (Å²) in [5, 5.41) is 0.256. The average Bonchev–Trinajstić information content (AvgIpc) is 3.05. The van der Waals surface area contributed by atoms with Crippen molar-refractivity contribution in [1.82, 2.24) is 14.2 Å². The van der Waals surface area contributed by atoms with Crippen molar-refractivity contribution in [2.24, 2.45) is 0 Å².